The molecule has 0 atom stereocenters. The summed E-state index contributed by atoms with van der Waals surface area (Å²) in [5.41, 5.74) is 0.787. The van der Waals surface area contributed by atoms with Crippen molar-refractivity contribution in [3.8, 4) is 5.75 Å². The molecule has 2 rings (SSSR count). The third-order valence-electron chi connectivity index (χ3n) is 2.53. The minimum absolute atomic E-state index is 0.0726. The maximum atomic E-state index is 11.1. The van der Waals surface area contributed by atoms with Gasteiger partial charge in [-0.2, -0.15) is 0 Å². The molecule has 0 spiro atoms. The van der Waals surface area contributed by atoms with Gasteiger partial charge in [-0.3, -0.25) is 4.79 Å². The van der Waals surface area contributed by atoms with Crippen LogP contribution in [0, 0.1) is 0 Å². The van der Waals surface area contributed by atoms with Crippen LogP contribution in [0.5, 0.6) is 5.75 Å². The Labute approximate surface area is 107 Å². The van der Waals surface area contributed by atoms with E-state index in [0.717, 1.165) is 22.2 Å². The maximum Gasteiger partial charge on any atom is 0.221 e. The zero-order chi connectivity index (χ0) is 13.1. The van der Waals surface area contributed by atoms with Crippen molar-refractivity contribution in [2.24, 2.45) is 0 Å². The molecule has 1 amide bonds. The van der Waals surface area contributed by atoms with Gasteiger partial charge in [0.25, 0.3) is 0 Å². The van der Waals surface area contributed by atoms with E-state index in [9.17, 15) is 4.79 Å². The van der Waals surface area contributed by atoms with E-state index in [1.165, 1.54) is 6.92 Å². The van der Waals surface area contributed by atoms with E-state index in [0.29, 0.717) is 0 Å². The Bertz CT molecular complexity index is 576. The van der Waals surface area contributed by atoms with E-state index >= 15 is 0 Å². The van der Waals surface area contributed by atoms with Crippen LogP contribution in [0.4, 0.5) is 5.69 Å². The SMILES string of the molecule is CC(=O)Nc1ccc2cccc(OC(C)C)c2c1. The first-order valence-corrected chi connectivity index (χ1v) is 6.03. The lowest BCUT2D eigenvalue weighted by Crippen LogP contribution is -2.07. The predicted molar refractivity (Wildman–Crippen MR) is 74.0 cm³/mol. The third kappa shape index (κ3) is 2.80. The monoisotopic (exact) mass is 243 g/mol. The molecule has 2 aromatic rings. The minimum atomic E-state index is -0.0726. The molecule has 0 unspecified atom stereocenters. The van der Waals surface area contributed by atoms with Crippen molar-refractivity contribution in [1.82, 2.24) is 0 Å². The van der Waals surface area contributed by atoms with Crippen molar-refractivity contribution < 1.29 is 9.53 Å². The normalized spacial score (nSPS) is 10.7. The highest BCUT2D eigenvalue weighted by molar-refractivity contribution is 5.95. The lowest BCUT2D eigenvalue weighted by atomic mass is 10.1. The summed E-state index contributed by atoms with van der Waals surface area (Å²) < 4.78 is 5.77. The first-order valence-electron chi connectivity index (χ1n) is 6.03. The smallest absolute Gasteiger partial charge is 0.221 e. The van der Waals surface area contributed by atoms with Gasteiger partial charge in [0.05, 0.1) is 6.10 Å². The van der Waals surface area contributed by atoms with Crippen LogP contribution in [0.3, 0.4) is 0 Å². The minimum Gasteiger partial charge on any atom is -0.490 e. The molecule has 0 aliphatic carbocycles. The summed E-state index contributed by atoms with van der Waals surface area (Å²) in [6.45, 7) is 5.49. The van der Waals surface area contributed by atoms with E-state index in [-0.39, 0.29) is 12.0 Å². The van der Waals surface area contributed by atoms with E-state index in [1.807, 2.05) is 50.2 Å². The quantitative estimate of drug-likeness (QED) is 0.894. The zero-order valence-electron chi connectivity index (χ0n) is 10.9. The average molecular weight is 243 g/mol. The number of benzene rings is 2. The number of fused-ring (bicyclic) bond motifs is 1. The summed E-state index contributed by atoms with van der Waals surface area (Å²) in [4.78, 5) is 11.1. The van der Waals surface area contributed by atoms with Gasteiger partial charge >= 0.3 is 0 Å². The molecule has 0 bridgehead atoms. The van der Waals surface area contributed by atoms with Gasteiger partial charge in [0.15, 0.2) is 0 Å². The Morgan fingerprint density at radius 1 is 1.22 bits per heavy atom. The first-order chi connectivity index (χ1) is 8.56. The van der Waals surface area contributed by atoms with E-state index < -0.39 is 0 Å². The van der Waals surface area contributed by atoms with E-state index in [1.54, 1.807) is 0 Å². The number of rotatable bonds is 3. The molecule has 2 aromatic carbocycles. The highest BCUT2D eigenvalue weighted by Crippen LogP contribution is 2.29. The molecule has 1 N–H and O–H groups in total. The fourth-order valence-electron chi connectivity index (χ4n) is 1.88. The Kier molecular flexibility index (Phi) is 3.51. The molecule has 3 nitrogen and oxygen atoms in total. The topological polar surface area (TPSA) is 38.3 Å². The molecule has 0 aliphatic rings. The van der Waals surface area contributed by atoms with Crippen molar-refractivity contribution >= 4 is 22.4 Å². The van der Waals surface area contributed by atoms with Crippen LogP contribution in [-0.4, -0.2) is 12.0 Å². The Morgan fingerprint density at radius 2 is 2.00 bits per heavy atom. The lowest BCUT2D eigenvalue weighted by molar-refractivity contribution is -0.114. The number of carbonyl (C=O) groups excluding carboxylic acids is 1. The van der Waals surface area contributed by atoms with Gasteiger partial charge in [-0.15, -0.1) is 0 Å². The van der Waals surface area contributed by atoms with Gasteiger partial charge in [-0.05, 0) is 37.4 Å². The van der Waals surface area contributed by atoms with Crippen molar-refractivity contribution in [3.05, 3.63) is 36.4 Å². The summed E-state index contributed by atoms with van der Waals surface area (Å²) in [7, 11) is 0. The number of hydrogen-bond acceptors (Lipinski definition) is 2. The van der Waals surface area contributed by atoms with Crippen molar-refractivity contribution in [2.75, 3.05) is 5.32 Å². The van der Waals surface area contributed by atoms with Crippen LogP contribution in [0.1, 0.15) is 20.8 Å². The molecule has 0 fully saturated rings. The number of hydrogen-bond donors (Lipinski definition) is 1. The molecule has 0 heterocycles. The highest BCUT2D eigenvalue weighted by Gasteiger charge is 2.05. The van der Waals surface area contributed by atoms with Crippen LogP contribution in [0.25, 0.3) is 10.8 Å². The number of nitrogens with one attached hydrogen (secondary N) is 1. The van der Waals surface area contributed by atoms with Gasteiger partial charge in [0.2, 0.25) is 5.91 Å². The second-order valence-corrected chi connectivity index (χ2v) is 4.54. The average Bonchev–Trinajstić information content (AvgIpc) is 2.28. The van der Waals surface area contributed by atoms with Gasteiger partial charge in [-0.25, -0.2) is 0 Å². The molecule has 0 aliphatic heterocycles. The highest BCUT2D eigenvalue weighted by atomic mass is 16.5. The summed E-state index contributed by atoms with van der Waals surface area (Å²) in [5.74, 6) is 0.770. The van der Waals surface area contributed by atoms with Crippen molar-refractivity contribution in [3.63, 3.8) is 0 Å². The predicted octanol–water partition coefficient (Wildman–Crippen LogP) is 3.59. The Balaban J connectivity index is 2.47. The molecular weight excluding hydrogens is 226 g/mol. The summed E-state index contributed by atoms with van der Waals surface area (Å²) in [6, 6.07) is 11.8. The molecule has 0 saturated heterocycles. The number of ether oxygens (including phenoxy) is 1. The van der Waals surface area contributed by atoms with Gasteiger partial charge in [-0.1, -0.05) is 18.2 Å². The van der Waals surface area contributed by atoms with Crippen molar-refractivity contribution in [1.29, 1.82) is 0 Å². The third-order valence-corrected chi connectivity index (χ3v) is 2.53. The largest absolute Gasteiger partial charge is 0.490 e. The van der Waals surface area contributed by atoms with Gasteiger partial charge < -0.3 is 10.1 Å². The molecule has 0 saturated carbocycles. The second kappa shape index (κ2) is 5.08. The van der Waals surface area contributed by atoms with Crippen LogP contribution in [0.15, 0.2) is 36.4 Å². The Hall–Kier alpha value is -2.03. The van der Waals surface area contributed by atoms with E-state index in [4.69, 9.17) is 4.74 Å². The molecule has 0 radical (unpaired) electrons. The number of amides is 1. The maximum absolute atomic E-state index is 11.1. The standard InChI is InChI=1S/C15H17NO2/c1-10(2)18-15-6-4-5-12-7-8-13(9-14(12)15)16-11(3)17/h4-10H,1-3H3,(H,16,17). The van der Waals surface area contributed by atoms with E-state index in [2.05, 4.69) is 5.32 Å². The summed E-state index contributed by atoms with van der Waals surface area (Å²) >= 11 is 0. The lowest BCUT2D eigenvalue weighted by Gasteiger charge is -2.13. The van der Waals surface area contributed by atoms with Crippen LogP contribution in [-0.2, 0) is 4.79 Å². The van der Waals surface area contributed by atoms with Crippen LogP contribution in [0.2, 0.25) is 0 Å². The second-order valence-electron chi connectivity index (χ2n) is 4.54. The molecule has 0 aromatic heterocycles. The molecule has 18 heavy (non-hydrogen) atoms. The molecule has 3 heteroatoms. The number of anilines is 1. The number of carbonyl (C=O) groups is 1. The van der Waals surface area contributed by atoms with Gasteiger partial charge in [0, 0.05) is 18.0 Å². The van der Waals surface area contributed by atoms with Crippen LogP contribution < -0.4 is 10.1 Å². The summed E-state index contributed by atoms with van der Waals surface area (Å²) in [6.07, 6.45) is 0.125. The molecular formula is C15H17NO2. The first kappa shape index (κ1) is 12.4. The van der Waals surface area contributed by atoms with Crippen molar-refractivity contribution in [2.45, 2.75) is 26.9 Å². The molecule has 94 valence electrons. The van der Waals surface area contributed by atoms with Gasteiger partial charge in [0.1, 0.15) is 5.75 Å². The Morgan fingerprint density at radius 3 is 2.67 bits per heavy atom. The summed E-state index contributed by atoms with van der Waals surface area (Å²) in [5, 5.41) is 4.89. The zero-order valence-corrected chi connectivity index (χ0v) is 10.9. The van der Waals surface area contributed by atoms with Crippen LogP contribution >= 0.6 is 0 Å². The fraction of sp³-hybridized carbons (Fsp3) is 0.267. The fourth-order valence-corrected chi connectivity index (χ4v) is 1.88.